The Labute approximate surface area is 301 Å². The maximum Gasteiger partial charge on any atom is 0.0636 e. The van der Waals surface area contributed by atoms with Crippen molar-refractivity contribution in [3.05, 3.63) is 181 Å². The monoisotopic (exact) mass is 605 g/mol. The van der Waals surface area contributed by atoms with Crippen molar-refractivity contribution in [2.45, 2.75) is 0 Å². The smallest absolute Gasteiger partial charge is 0.0622 e. The molecule has 0 saturated carbocycles. The Morgan fingerprint density at radius 3 is 1.74 bits per heavy atom. The van der Waals surface area contributed by atoms with Crippen LogP contribution in [0.5, 0.6) is 0 Å². The lowest BCUT2D eigenvalue weighted by Gasteiger charge is -2.19. The highest BCUT2D eigenvalue weighted by Crippen LogP contribution is 2.45. The van der Waals surface area contributed by atoms with E-state index in [0.717, 1.165) is 0 Å². The molecule has 214 valence electrons. The second-order valence-corrected chi connectivity index (χ2v) is 10.3. The molecule has 0 aliphatic rings. The van der Waals surface area contributed by atoms with Crippen LogP contribution in [0.15, 0.2) is 181 Å². The van der Waals surface area contributed by atoms with Crippen molar-refractivity contribution in [2.75, 3.05) is 0 Å². The van der Waals surface area contributed by atoms with Crippen LogP contribution in [0, 0.1) is 0 Å². The highest BCUT2D eigenvalue weighted by Gasteiger charge is 2.18. The van der Waals surface area contributed by atoms with Gasteiger partial charge in [0, 0.05) is 0 Å². The normalized spacial score (nSPS) is 18.5. The first-order chi connectivity index (χ1) is 32.4. The first-order valence-corrected chi connectivity index (χ1v) is 14.1. The van der Waals surface area contributed by atoms with E-state index in [9.17, 15) is 15.1 Å². The largest absolute Gasteiger partial charge is 0.0636 e. The minimum Gasteiger partial charge on any atom is -0.0622 e. The van der Waals surface area contributed by atoms with Crippen LogP contribution in [-0.4, -0.2) is 0 Å². The zero-order valence-electron chi connectivity index (χ0n) is 46.5. The summed E-state index contributed by atoms with van der Waals surface area (Å²) in [6, 6.07) is -8.10. The van der Waals surface area contributed by atoms with Gasteiger partial charge in [-0.05, 0) is 99.7 Å². The summed E-state index contributed by atoms with van der Waals surface area (Å²) in [6.45, 7) is 0. The molecular weight excluding hydrogens is 553 g/mol. The summed E-state index contributed by atoms with van der Waals surface area (Å²) < 4.78 is 209. The maximum absolute atomic E-state index is 9.98. The van der Waals surface area contributed by atoms with Gasteiger partial charge >= 0.3 is 0 Å². The first kappa shape index (κ1) is 12.1. The highest BCUT2D eigenvalue weighted by atomic mass is 14.2. The van der Waals surface area contributed by atoms with Crippen molar-refractivity contribution in [1.82, 2.24) is 0 Å². The van der Waals surface area contributed by atoms with Gasteiger partial charge in [0.05, 0.1) is 31.5 Å². The molecule has 0 unspecified atom stereocenters. The molecule has 0 saturated heterocycles. The molecular formula is C46H30. The maximum atomic E-state index is 9.98. The lowest BCUT2D eigenvalue weighted by atomic mass is 9.84. The van der Waals surface area contributed by atoms with E-state index in [1.54, 1.807) is 42.5 Å². The van der Waals surface area contributed by atoms with Crippen molar-refractivity contribution in [1.29, 1.82) is 0 Å². The molecule has 0 nitrogen and oxygen atoms in total. The van der Waals surface area contributed by atoms with E-state index in [4.69, 9.17) is 16.4 Å². The molecule has 0 aliphatic heterocycles. The van der Waals surface area contributed by atoms with Gasteiger partial charge in [-0.1, -0.05) is 169 Å². The molecule has 0 fully saturated rings. The van der Waals surface area contributed by atoms with Gasteiger partial charge in [0.2, 0.25) is 0 Å². The molecule has 0 amide bonds. The summed E-state index contributed by atoms with van der Waals surface area (Å²) in [4.78, 5) is 0. The van der Waals surface area contributed by atoms with Crippen LogP contribution in [0.25, 0.3) is 87.6 Å². The van der Waals surface area contributed by atoms with Gasteiger partial charge in [-0.3, -0.25) is 0 Å². The van der Waals surface area contributed by atoms with Crippen LogP contribution in [0.1, 0.15) is 31.5 Å². The van der Waals surface area contributed by atoms with Gasteiger partial charge < -0.3 is 0 Å². The van der Waals surface area contributed by atoms with E-state index in [2.05, 4.69) is 0 Å². The predicted molar refractivity (Wildman–Crippen MR) is 198 cm³/mol. The Balaban J connectivity index is 1.63. The van der Waals surface area contributed by atoms with E-state index in [1.807, 2.05) is 0 Å². The number of fused-ring (bicyclic) bond motifs is 4. The van der Waals surface area contributed by atoms with Gasteiger partial charge in [0.15, 0.2) is 0 Å². The first-order valence-electron chi connectivity index (χ1n) is 25.6. The molecule has 0 heteroatoms. The molecule has 0 heterocycles. The molecule has 0 aliphatic carbocycles. The molecule has 0 radical (unpaired) electrons. The Morgan fingerprint density at radius 2 is 0.913 bits per heavy atom. The fraction of sp³-hybridized carbons (Fsp3) is 0. The molecule has 0 bridgehead atoms. The van der Waals surface area contributed by atoms with Gasteiger partial charge in [0.25, 0.3) is 0 Å². The second-order valence-electron chi connectivity index (χ2n) is 10.3. The van der Waals surface area contributed by atoms with Gasteiger partial charge in [-0.2, -0.15) is 0 Å². The van der Waals surface area contributed by atoms with Crippen molar-refractivity contribution in [3.63, 3.8) is 0 Å². The van der Waals surface area contributed by atoms with Gasteiger partial charge in [-0.15, -0.1) is 0 Å². The fourth-order valence-electron chi connectivity index (χ4n) is 5.64. The van der Waals surface area contributed by atoms with Crippen molar-refractivity contribution >= 4 is 43.1 Å². The topological polar surface area (TPSA) is 0 Å². The third-order valence-corrected chi connectivity index (χ3v) is 7.68. The zero-order chi connectivity index (χ0) is 50.5. The lowest BCUT2D eigenvalue weighted by Crippen LogP contribution is -1.92. The standard InChI is InChI=1S/C46H30/c1-2-11-31(12-3-1)37-27-28-43-44(30-37)45(35-24-22-34(23-25-35)40-20-10-16-33-14-6-7-17-39(33)40)41-18-8-9-19-42(41)46(43)38-26-21-32-13-4-5-15-36(32)29-38/h1-30H/i1D,2D,3D,4D,5D,8D,9D,11D,12D,13D,15D,18D,19D,21D,22D,23D,24D,25D,26D,27D,28D,29D,30D. The Kier molecular flexibility index (Phi) is 2.86. The van der Waals surface area contributed by atoms with Crippen LogP contribution in [0.4, 0.5) is 0 Å². The van der Waals surface area contributed by atoms with E-state index in [-0.39, 0.29) is 11.1 Å². The average molecular weight is 606 g/mol. The predicted octanol–water partition coefficient (Wildman–Crippen LogP) is 13.0. The van der Waals surface area contributed by atoms with Crippen molar-refractivity contribution < 1.29 is 31.5 Å². The molecule has 0 spiro atoms. The Morgan fingerprint density at radius 1 is 0.304 bits per heavy atom. The molecule has 0 atom stereocenters. The van der Waals surface area contributed by atoms with Crippen LogP contribution >= 0.6 is 0 Å². The summed E-state index contributed by atoms with van der Waals surface area (Å²) in [5.74, 6) is 0. The third kappa shape index (κ3) is 4.38. The number of hydrogen-bond acceptors (Lipinski definition) is 0. The quantitative estimate of drug-likeness (QED) is 0.175. The SMILES string of the molecule is [2H]c1c([2H])c([2H])c(-c2c([2H])c([2H])c3c(-c4c([2H])c([2H])c5c([2H])c([2H])c([2H])c([2H])c5c4[2H])c4c([2H])c([2H])c([2H])c([2H])c4c(-c4c([2H])c([2H])c(-c5cccc6ccccc56)c([2H])c4[2H])c3c2[2H])c([2H])c1[2H]. The Bertz CT molecular complexity index is 3810. The van der Waals surface area contributed by atoms with Crippen LogP contribution in [0.2, 0.25) is 0 Å². The molecule has 9 aromatic rings. The summed E-state index contributed by atoms with van der Waals surface area (Å²) in [5.41, 5.74) is -4.22. The minimum atomic E-state index is -1.00. The molecule has 0 aromatic heterocycles. The zero-order valence-corrected chi connectivity index (χ0v) is 23.5. The number of benzene rings is 9. The van der Waals surface area contributed by atoms with Crippen molar-refractivity contribution in [2.24, 2.45) is 0 Å². The highest BCUT2D eigenvalue weighted by molar-refractivity contribution is 6.22. The van der Waals surface area contributed by atoms with Crippen LogP contribution < -0.4 is 0 Å². The van der Waals surface area contributed by atoms with Crippen molar-refractivity contribution in [3.8, 4) is 44.5 Å². The minimum absolute atomic E-state index is 0.181. The second kappa shape index (κ2) is 10.9. The molecule has 46 heavy (non-hydrogen) atoms. The number of hydrogen-bond donors (Lipinski definition) is 0. The molecule has 9 rings (SSSR count). The van der Waals surface area contributed by atoms with Gasteiger partial charge in [0.1, 0.15) is 0 Å². The van der Waals surface area contributed by atoms with Gasteiger partial charge in [-0.25, -0.2) is 0 Å². The van der Waals surface area contributed by atoms with E-state index >= 15 is 0 Å². The third-order valence-electron chi connectivity index (χ3n) is 7.68. The van der Waals surface area contributed by atoms with E-state index in [0.29, 0.717) is 10.8 Å². The van der Waals surface area contributed by atoms with E-state index < -0.39 is 205 Å². The van der Waals surface area contributed by atoms with Crippen LogP contribution in [0.3, 0.4) is 0 Å². The fourth-order valence-corrected chi connectivity index (χ4v) is 5.64. The Hall–Kier alpha value is -5.98. The van der Waals surface area contributed by atoms with Crippen LogP contribution in [-0.2, 0) is 0 Å². The lowest BCUT2D eigenvalue weighted by molar-refractivity contribution is 1.62. The van der Waals surface area contributed by atoms with E-state index in [1.165, 1.54) is 0 Å². The summed E-state index contributed by atoms with van der Waals surface area (Å²) >= 11 is 0. The molecule has 9 aromatic carbocycles. The summed E-state index contributed by atoms with van der Waals surface area (Å²) in [6.07, 6.45) is 0. The number of rotatable bonds is 4. The summed E-state index contributed by atoms with van der Waals surface area (Å²) in [7, 11) is 0. The summed E-state index contributed by atoms with van der Waals surface area (Å²) in [5, 5.41) is -2.66. The average Bonchev–Trinajstić information content (AvgIpc) is 3.33. The molecule has 0 N–H and O–H groups in total.